The predicted molar refractivity (Wildman–Crippen MR) is 82.1 cm³/mol. The van der Waals surface area contributed by atoms with Crippen molar-refractivity contribution in [3.8, 4) is 5.75 Å². The summed E-state index contributed by atoms with van der Waals surface area (Å²) in [4.78, 5) is 23.6. The molecule has 0 radical (unpaired) electrons. The highest BCUT2D eigenvalue weighted by atomic mass is 35.5. The molecule has 2 aliphatic rings. The minimum Gasteiger partial charge on any atom is -0.479 e. The quantitative estimate of drug-likeness (QED) is 0.773. The summed E-state index contributed by atoms with van der Waals surface area (Å²) in [6.07, 6.45) is 1.38. The van der Waals surface area contributed by atoms with Crippen molar-refractivity contribution < 1.29 is 14.3 Å². The first-order valence-electron chi connectivity index (χ1n) is 6.79. The molecule has 0 spiro atoms. The van der Waals surface area contributed by atoms with E-state index in [0.29, 0.717) is 17.1 Å². The molecule has 7 heteroatoms. The van der Waals surface area contributed by atoms with Gasteiger partial charge in [-0.15, -0.1) is 12.4 Å². The SMILES string of the molecule is CC1Oc2ccc(NC(=O)C3CCCN3)cc2NC1=O.Cl. The van der Waals surface area contributed by atoms with Crippen LogP contribution in [0, 0.1) is 0 Å². The Morgan fingerprint density at radius 3 is 2.95 bits per heavy atom. The fraction of sp³-hybridized carbons (Fsp3) is 0.429. The number of hydrogen-bond acceptors (Lipinski definition) is 4. The lowest BCUT2D eigenvalue weighted by molar-refractivity contribution is -0.122. The van der Waals surface area contributed by atoms with Crippen molar-refractivity contribution in [3.63, 3.8) is 0 Å². The molecule has 2 unspecified atom stereocenters. The maximum Gasteiger partial charge on any atom is 0.265 e. The number of ether oxygens (including phenoxy) is 1. The summed E-state index contributed by atoms with van der Waals surface area (Å²) in [7, 11) is 0. The van der Waals surface area contributed by atoms with Gasteiger partial charge in [0.15, 0.2) is 6.10 Å². The van der Waals surface area contributed by atoms with Crippen molar-refractivity contribution in [2.24, 2.45) is 0 Å². The van der Waals surface area contributed by atoms with E-state index in [1.165, 1.54) is 0 Å². The van der Waals surface area contributed by atoms with Gasteiger partial charge in [0.25, 0.3) is 5.91 Å². The maximum atomic E-state index is 12.0. The van der Waals surface area contributed by atoms with Crippen molar-refractivity contribution >= 4 is 35.6 Å². The number of fused-ring (bicyclic) bond motifs is 1. The zero-order valence-electron chi connectivity index (χ0n) is 11.6. The second-order valence-corrected chi connectivity index (χ2v) is 5.10. The van der Waals surface area contributed by atoms with Gasteiger partial charge in [-0.3, -0.25) is 9.59 Å². The van der Waals surface area contributed by atoms with Gasteiger partial charge in [-0.1, -0.05) is 0 Å². The van der Waals surface area contributed by atoms with E-state index < -0.39 is 6.10 Å². The molecule has 3 rings (SSSR count). The molecule has 1 saturated heterocycles. The Morgan fingerprint density at radius 1 is 1.43 bits per heavy atom. The van der Waals surface area contributed by atoms with E-state index in [4.69, 9.17) is 4.74 Å². The molecular weight excluding hydrogens is 294 g/mol. The Morgan fingerprint density at radius 2 is 2.24 bits per heavy atom. The van der Waals surface area contributed by atoms with E-state index in [1.54, 1.807) is 25.1 Å². The average Bonchev–Trinajstić information content (AvgIpc) is 2.94. The summed E-state index contributed by atoms with van der Waals surface area (Å²) < 4.78 is 5.47. The third kappa shape index (κ3) is 3.28. The number of halogens is 1. The molecule has 2 atom stereocenters. The van der Waals surface area contributed by atoms with Crippen LogP contribution in [0.4, 0.5) is 11.4 Å². The summed E-state index contributed by atoms with van der Waals surface area (Å²) in [6.45, 7) is 2.57. The molecule has 114 valence electrons. The monoisotopic (exact) mass is 311 g/mol. The smallest absolute Gasteiger partial charge is 0.265 e. The Kier molecular flexibility index (Phi) is 4.69. The summed E-state index contributed by atoms with van der Waals surface area (Å²) in [5.41, 5.74) is 1.24. The van der Waals surface area contributed by atoms with Crippen molar-refractivity contribution in [3.05, 3.63) is 18.2 Å². The van der Waals surface area contributed by atoms with Gasteiger partial charge in [0.05, 0.1) is 11.7 Å². The van der Waals surface area contributed by atoms with E-state index in [2.05, 4.69) is 16.0 Å². The van der Waals surface area contributed by atoms with Crippen LogP contribution in [0.15, 0.2) is 18.2 Å². The molecule has 0 aliphatic carbocycles. The van der Waals surface area contributed by atoms with Crippen LogP contribution in [0.2, 0.25) is 0 Å². The fourth-order valence-corrected chi connectivity index (χ4v) is 2.42. The molecule has 1 aromatic carbocycles. The van der Waals surface area contributed by atoms with Crippen LogP contribution in [0.25, 0.3) is 0 Å². The third-order valence-electron chi connectivity index (χ3n) is 3.55. The first kappa shape index (κ1) is 15.6. The second-order valence-electron chi connectivity index (χ2n) is 5.10. The van der Waals surface area contributed by atoms with E-state index >= 15 is 0 Å². The van der Waals surface area contributed by atoms with Crippen LogP contribution in [0.5, 0.6) is 5.75 Å². The predicted octanol–water partition coefficient (Wildman–Crippen LogP) is 1.52. The minimum atomic E-state index is -0.495. The first-order valence-corrected chi connectivity index (χ1v) is 6.79. The molecule has 1 aromatic rings. The molecule has 2 heterocycles. The number of rotatable bonds is 2. The van der Waals surface area contributed by atoms with Crippen molar-refractivity contribution in [2.75, 3.05) is 17.2 Å². The molecule has 1 fully saturated rings. The van der Waals surface area contributed by atoms with E-state index in [1.807, 2.05) is 0 Å². The van der Waals surface area contributed by atoms with E-state index in [0.717, 1.165) is 19.4 Å². The number of carbonyl (C=O) groups excluding carboxylic acids is 2. The summed E-state index contributed by atoms with van der Waals surface area (Å²) >= 11 is 0. The second kappa shape index (κ2) is 6.32. The molecule has 21 heavy (non-hydrogen) atoms. The van der Waals surface area contributed by atoms with Gasteiger partial charge in [-0.05, 0) is 44.5 Å². The Balaban J connectivity index is 0.00000161. The summed E-state index contributed by atoms with van der Waals surface area (Å²) in [6, 6.07) is 5.11. The van der Waals surface area contributed by atoms with Crippen LogP contribution in [0.3, 0.4) is 0 Å². The normalized spacial score (nSPS) is 23.4. The highest BCUT2D eigenvalue weighted by Gasteiger charge is 2.25. The third-order valence-corrected chi connectivity index (χ3v) is 3.55. The van der Waals surface area contributed by atoms with Crippen LogP contribution in [-0.2, 0) is 9.59 Å². The molecule has 3 N–H and O–H groups in total. The molecule has 2 aliphatic heterocycles. The molecule has 0 saturated carbocycles. The van der Waals surface area contributed by atoms with Crippen molar-refractivity contribution in [2.45, 2.75) is 31.9 Å². The average molecular weight is 312 g/mol. The number of hydrogen-bond donors (Lipinski definition) is 3. The minimum absolute atomic E-state index is 0. The topological polar surface area (TPSA) is 79.5 Å². The molecule has 0 bridgehead atoms. The van der Waals surface area contributed by atoms with Crippen LogP contribution in [-0.4, -0.2) is 30.5 Å². The zero-order chi connectivity index (χ0) is 14.1. The van der Waals surface area contributed by atoms with Crippen molar-refractivity contribution in [1.29, 1.82) is 0 Å². The zero-order valence-corrected chi connectivity index (χ0v) is 12.5. The largest absolute Gasteiger partial charge is 0.479 e. The summed E-state index contributed by atoms with van der Waals surface area (Å²) in [5, 5.41) is 8.76. The lowest BCUT2D eigenvalue weighted by Crippen LogP contribution is -2.36. The number of carbonyl (C=O) groups is 2. The number of anilines is 2. The van der Waals surface area contributed by atoms with Gasteiger partial charge in [0.1, 0.15) is 5.75 Å². The lowest BCUT2D eigenvalue weighted by Gasteiger charge is -2.23. The number of benzene rings is 1. The first-order chi connectivity index (χ1) is 9.63. The van der Waals surface area contributed by atoms with E-state index in [-0.39, 0.29) is 30.3 Å². The number of amides is 2. The van der Waals surface area contributed by atoms with Crippen molar-refractivity contribution in [1.82, 2.24) is 5.32 Å². The molecule has 2 amide bonds. The Labute approximate surface area is 129 Å². The summed E-state index contributed by atoms with van der Waals surface area (Å²) in [5.74, 6) is 0.395. The molecule has 0 aromatic heterocycles. The van der Waals surface area contributed by atoms with Gasteiger partial charge in [0, 0.05) is 5.69 Å². The van der Waals surface area contributed by atoms with Gasteiger partial charge in [0.2, 0.25) is 5.91 Å². The highest BCUT2D eigenvalue weighted by molar-refractivity contribution is 6.00. The lowest BCUT2D eigenvalue weighted by atomic mass is 10.2. The van der Waals surface area contributed by atoms with Crippen LogP contribution in [0.1, 0.15) is 19.8 Å². The maximum absolute atomic E-state index is 12.0. The standard InChI is InChI=1S/C14H17N3O3.ClH/c1-8-13(18)17-11-7-9(4-5-12(11)20-8)16-14(19)10-3-2-6-15-10;/h4-5,7-8,10,15H,2-3,6H2,1H3,(H,16,19)(H,17,18);1H. The van der Waals surface area contributed by atoms with Gasteiger partial charge in [-0.2, -0.15) is 0 Å². The fourth-order valence-electron chi connectivity index (χ4n) is 2.42. The van der Waals surface area contributed by atoms with E-state index in [9.17, 15) is 9.59 Å². The Bertz CT molecular complexity index is 558. The molecular formula is C14H18ClN3O3. The van der Waals surface area contributed by atoms with Gasteiger partial charge >= 0.3 is 0 Å². The van der Waals surface area contributed by atoms with Gasteiger partial charge < -0.3 is 20.7 Å². The Hall–Kier alpha value is -1.79. The van der Waals surface area contributed by atoms with Gasteiger partial charge in [-0.25, -0.2) is 0 Å². The number of nitrogens with one attached hydrogen (secondary N) is 3. The van der Waals surface area contributed by atoms with Crippen LogP contribution >= 0.6 is 12.4 Å². The molecule has 6 nitrogen and oxygen atoms in total. The highest BCUT2D eigenvalue weighted by Crippen LogP contribution is 2.32. The van der Waals surface area contributed by atoms with Crippen LogP contribution < -0.4 is 20.7 Å².